The third-order valence-electron chi connectivity index (χ3n) is 2.49. The fraction of sp³-hybridized carbons (Fsp3) is 0. The molecule has 0 spiro atoms. The third kappa shape index (κ3) is 2.77. The first-order valence-corrected chi connectivity index (χ1v) is 8.24. The molecule has 0 bridgehead atoms. The van der Waals surface area contributed by atoms with Crippen LogP contribution in [0.25, 0.3) is 0 Å². The molecule has 0 unspecified atom stereocenters. The van der Waals surface area contributed by atoms with Crippen LogP contribution < -0.4 is 11.5 Å². The molecule has 0 aliphatic heterocycles. The fourth-order valence-electron chi connectivity index (χ4n) is 1.69. The van der Waals surface area contributed by atoms with Crippen molar-refractivity contribution in [2.75, 3.05) is 11.5 Å². The van der Waals surface area contributed by atoms with Gasteiger partial charge in [-0.3, -0.25) is 0 Å². The van der Waals surface area contributed by atoms with Gasteiger partial charge in [0.2, 0.25) is 9.84 Å². The molecule has 0 heterocycles. The van der Waals surface area contributed by atoms with E-state index in [0.717, 1.165) is 0 Å². The summed E-state index contributed by atoms with van der Waals surface area (Å²) in [4.78, 5) is 0.0679. The van der Waals surface area contributed by atoms with Gasteiger partial charge in [0, 0.05) is 8.95 Å². The van der Waals surface area contributed by atoms with Crippen molar-refractivity contribution < 1.29 is 8.42 Å². The average molecular weight is 406 g/mol. The lowest BCUT2D eigenvalue weighted by Crippen LogP contribution is -2.09. The van der Waals surface area contributed by atoms with Gasteiger partial charge in [-0.1, -0.05) is 37.9 Å². The van der Waals surface area contributed by atoms with Crippen LogP contribution in [0.3, 0.4) is 0 Å². The second-order valence-corrected chi connectivity index (χ2v) is 7.59. The van der Waals surface area contributed by atoms with E-state index in [1.807, 2.05) is 0 Å². The minimum atomic E-state index is -3.76. The van der Waals surface area contributed by atoms with Gasteiger partial charge in [0.15, 0.2) is 0 Å². The van der Waals surface area contributed by atoms with Gasteiger partial charge in [0.1, 0.15) is 4.90 Å². The van der Waals surface area contributed by atoms with Crippen LogP contribution in [-0.2, 0) is 9.84 Å². The summed E-state index contributed by atoms with van der Waals surface area (Å²) in [6.07, 6.45) is 0. The van der Waals surface area contributed by atoms with Crippen LogP contribution in [-0.4, -0.2) is 8.42 Å². The number of nitrogens with two attached hydrogens (primary N) is 2. The van der Waals surface area contributed by atoms with Gasteiger partial charge in [0.05, 0.1) is 16.3 Å². The summed E-state index contributed by atoms with van der Waals surface area (Å²) < 4.78 is 26.5. The van der Waals surface area contributed by atoms with E-state index in [4.69, 9.17) is 11.5 Å². The van der Waals surface area contributed by atoms with Crippen molar-refractivity contribution in [3.8, 4) is 0 Å². The van der Waals surface area contributed by atoms with Crippen molar-refractivity contribution in [2.45, 2.75) is 9.79 Å². The van der Waals surface area contributed by atoms with E-state index in [2.05, 4.69) is 31.9 Å². The number of benzene rings is 2. The number of rotatable bonds is 2. The highest BCUT2D eigenvalue weighted by atomic mass is 79.9. The van der Waals surface area contributed by atoms with Crippen LogP contribution in [0.4, 0.5) is 11.4 Å². The monoisotopic (exact) mass is 404 g/mol. The van der Waals surface area contributed by atoms with Crippen molar-refractivity contribution in [1.82, 2.24) is 0 Å². The maximum atomic E-state index is 12.6. The fourth-order valence-corrected chi connectivity index (χ4v) is 4.84. The summed E-state index contributed by atoms with van der Waals surface area (Å²) in [6, 6.07) is 9.39. The summed E-state index contributed by atoms with van der Waals surface area (Å²) in [7, 11) is -3.76. The Morgan fingerprint density at radius 1 is 0.895 bits per heavy atom. The molecule has 0 fully saturated rings. The van der Waals surface area contributed by atoms with E-state index in [9.17, 15) is 8.42 Å². The Bertz CT molecular complexity index is 705. The predicted molar refractivity (Wildman–Crippen MR) is 82.6 cm³/mol. The van der Waals surface area contributed by atoms with E-state index >= 15 is 0 Å². The molecule has 4 nitrogen and oxygen atoms in total. The average Bonchev–Trinajstić information content (AvgIpc) is 2.26. The van der Waals surface area contributed by atoms with Gasteiger partial charge < -0.3 is 11.5 Å². The van der Waals surface area contributed by atoms with E-state index in [-0.39, 0.29) is 21.2 Å². The SMILES string of the molecule is Nc1cccc(N)c1S(=O)(=O)c1cc(Br)cc(Br)c1. The van der Waals surface area contributed by atoms with Gasteiger partial charge in [-0.05, 0) is 30.3 Å². The smallest absolute Gasteiger partial charge is 0.210 e. The number of sulfone groups is 1. The molecule has 2 rings (SSSR count). The van der Waals surface area contributed by atoms with Gasteiger partial charge in [0.25, 0.3) is 0 Å². The zero-order valence-electron chi connectivity index (χ0n) is 9.60. The largest absolute Gasteiger partial charge is 0.398 e. The van der Waals surface area contributed by atoms with Crippen molar-refractivity contribution in [1.29, 1.82) is 0 Å². The van der Waals surface area contributed by atoms with Crippen molar-refractivity contribution >= 4 is 53.1 Å². The Balaban J connectivity index is 2.73. The zero-order valence-corrected chi connectivity index (χ0v) is 13.6. The second-order valence-electron chi connectivity index (χ2n) is 3.87. The van der Waals surface area contributed by atoms with Gasteiger partial charge in [-0.2, -0.15) is 0 Å². The van der Waals surface area contributed by atoms with Crippen LogP contribution in [0.5, 0.6) is 0 Å². The molecule has 100 valence electrons. The molecule has 0 amide bonds. The molecule has 0 saturated carbocycles. The number of nitrogen functional groups attached to an aromatic ring is 2. The minimum Gasteiger partial charge on any atom is -0.398 e. The molecule has 0 saturated heterocycles. The Morgan fingerprint density at radius 3 is 1.84 bits per heavy atom. The number of anilines is 2. The maximum Gasteiger partial charge on any atom is 0.210 e. The molecule has 2 aromatic carbocycles. The first-order chi connectivity index (χ1) is 8.82. The van der Waals surface area contributed by atoms with Crippen LogP contribution in [0.15, 0.2) is 55.1 Å². The Hall–Kier alpha value is -1.05. The lowest BCUT2D eigenvalue weighted by Gasteiger charge is -2.11. The highest BCUT2D eigenvalue weighted by Gasteiger charge is 2.23. The normalized spacial score (nSPS) is 11.5. The van der Waals surface area contributed by atoms with Crippen LogP contribution in [0.1, 0.15) is 0 Å². The quantitative estimate of drug-likeness (QED) is 0.751. The van der Waals surface area contributed by atoms with Crippen LogP contribution in [0.2, 0.25) is 0 Å². The molecule has 0 aliphatic carbocycles. The third-order valence-corrected chi connectivity index (χ3v) is 5.27. The molecule has 0 aromatic heterocycles. The molecule has 0 radical (unpaired) electrons. The van der Waals surface area contributed by atoms with E-state index in [1.54, 1.807) is 12.1 Å². The summed E-state index contributed by atoms with van der Waals surface area (Å²) in [5.74, 6) is 0. The number of hydrogen-bond donors (Lipinski definition) is 2. The topological polar surface area (TPSA) is 86.2 Å². The summed E-state index contributed by atoms with van der Waals surface area (Å²) >= 11 is 6.52. The van der Waals surface area contributed by atoms with Gasteiger partial charge >= 0.3 is 0 Å². The van der Waals surface area contributed by atoms with Crippen LogP contribution >= 0.6 is 31.9 Å². The molecule has 0 aliphatic rings. The Labute approximate surface area is 128 Å². The Morgan fingerprint density at radius 2 is 1.37 bits per heavy atom. The lowest BCUT2D eigenvalue weighted by atomic mass is 10.3. The van der Waals surface area contributed by atoms with E-state index in [0.29, 0.717) is 8.95 Å². The molecular weight excluding hydrogens is 396 g/mol. The van der Waals surface area contributed by atoms with Gasteiger partial charge in [-0.15, -0.1) is 0 Å². The molecule has 4 N–H and O–H groups in total. The molecular formula is C12H10Br2N2O2S. The molecule has 0 atom stereocenters. The first kappa shape index (κ1) is 14.4. The first-order valence-electron chi connectivity index (χ1n) is 5.17. The Kier molecular flexibility index (Phi) is 3.89. The van der Waals surface area contributed by atoms with Gasteiger partial charge in [-0.25, -0.2) is 8.42 Å². The highest BCUT2D eigenvalue weighted by molar-refractivity contribution is 9.11. The second kappa shape index (κ2) is 5.15. The number of hydrogen-bond acceptors (Lipinski definition) is 4. The predicted octanol–water partition coefficient (Wildman–Crippen LogP) is 3.21. The van der Waals surface area contributed by atoms with Crippen LogP contribution in [0, 0.1) is 0 Å². The van der Waals surface area contributed by atoms with Crippen molar-refractivity contribution in [3.63, 3.8) is 0 Å². The molecule has 19 heavy (non-hydrogen) atoms. The summed E-state index contributed by atoms with van der Waals surface area (Å²) in [5, 5.41) is 0. The standard InChI is InChI=1S/C12H10Br2N2O2S/c13-7-4-8(14)6-9(5-7)19(17,18)12-10(15)2-1-3-11(12)16/h1-6H,15-16H2. The minimum absolute atomic E-state index is 0.0556. The molecule has 7 heteroatoms. The van der Waals surface area contributed by atoms with E-state index in [1.165, 1.54) is 24.3 Å². The highest BCUT2D eigenvalue weighted by Crippen LogP contribution is 2.33. The zero-order chi connectivity index (χ0) is 14.2. The van der Waals surface area contributed by atoms with Crippen molar-refractivity contribution in [3.05, 3.63) is 45.3 Å². The number of halogens is 2. The van der Waals surface area contributed by atoms with Crippen molar-refractivity contribution in [2.24, 2.45) is 0 Å². The summed E-state index contributed by atoms with van der Waals surface area (Å²) in [6.45, 7) is 0. The lowest BCUT2D eigenvalue weighted by molar-refractivity contribution is 0.596. The summed E-state index contributed by atoms with van der Waals surface area (Å²) in [5.41, 5.74) is 11.7. The maximum absolute atomic E-state index is 12.6. The molecule has 2 aromatic rings. The van der Waals surface area contributed by atoms with E-state index < -0.39 is 9.84 Å².